The number of nitrogens with one attached hydrogen (secondary N) is 1. The third-order valence-electron chi connectivity index (χ3n) is 5.01. The minimum Gasteiger partial charge on any atom is -0.345 e. The fourth-order valence-corrected chi connectivity index (χ4v) is 3.41. The number of aromatic amines is 1. The Bertz CT molecular complexity index is 486. The molecule has 0 aliphatic heterocycles. The van der Waals surface area contributed by atoms with Gasteiger partial charge in [-0.15, -0.1) is 0 Å². The van der Waals surface area contributed by atoms with Gasteiger partial charge in [-0.2, -0.15) is 0 Å². The highest BCUT2D eigenvalue weighted by Gasteiger charge is 2.34. The van der Waals surface area contributed by atoms with Gasteiger partial charge in [0.1, 0.15) is 5.82 Å². The van der Waals surface area contributed by atoms with Gasteiger partial charge >= 0.3 is 0 Å². The van der Waals surface area contributed by atoms with Crippen LogP contribution < -0.4 is 0 Å². The van der Waals surface area contributed by atoms with Crippen LogP contribution in [0.25, 0.3) is 0 Å². The quantitative estimate of drug-likeness (QED) is 0.534. The molecule has 0 amide bonds. The van der Waals surface area contributed by atoms with E-state index in [1.54, 1.807) is 0 Å². The molecule has 0 bridgehead atoms. The fourth-order valence-electron chi connectivity index (χ4n) is 3.41. The second-order valence-corrected chi connectivity index (χ2v) is 9.53. The number of nitrogens with zero attached hydrogens (tertiary/aromatic N) is 1. The van der Waals surface area contributed by atoms with Gasteiger partial charge in [0.15, 0.2) is 0 Å². The standard InChI is InChI=1S/C21H40N2/c1-10-12-13-15-21(8,9)18-22-16(19(3,4)5)17(23-18)20(6,7)14-11-2/h10-15H2,1-9H3,(H,22,23). The summed E-state index contributed by atoms with van der Waals surface area (Å²) in [5.74, 6) is 1.18. The third kappa shape index (κ3) is 5.09. The maximum atomic E-state index is 5.12. The van der Waals surface area contributed by atoms with E-state index in [1.807, 2.05) is 0 Å². The van der Waals surface area contributed by atoms with Crippen molar-refractivity contribution in [2.24, 2.45) is 0 Å². The Morgan fingerprint density at radius 1 is 0.783 bits per heavy atom. The predicted molar refractivity (Wildman–Crippen MR) is 102 cm³/mol. The molecule has 0 aliphatic rings. The lowest BCUT2D eigenvalue weighted by Gasteiger charge is -2.28. The molecular weight excluding hydrogens is 280 g/mol. The average molecular weight is 321 g/mol. The summed E-state index contributed by atoms with van der Waals surface area (Å²) in [7, 11) is 0. The Hall–Kier alpha value is -0.790. The van der Waals surface area contributed by atoms with Crippen molar-refractivity contribution >= 4 is 0 Å². The molecule has 0 unspecified atom stereocenters. The van der Waals surface area contributed by atoms with E-state index in [4.69, 9.17) is 4.98 Å². The maximum Gasteiger partial charge on any atom is 0.112 e. The van der Waals surface area contributed by atoms with E-state index < -0.39 is 0 Å². The summed E-state index contributed by atoms with van der Waals surface area (Å²) in [6.45, 7) is 20.8. The van der Waals surface area contributed by atoms with Gasteiger partial charge < -0.3 is 4.98 Å². The highest BCUT2D eigenvalue weighted by molar-refractivity contribution is 5.30. The summed E-state index contributed by atoms with van der Waals surface area (Å²) in [6.07, 6.45) is 7.45. The van der Waals surface area contributed by atoms with Crippen molar-refractivity contribution in [1.29, 1.82) is 0 Å². The van der Waals surface area contributed by atoms with Crippen LogP contribution in [0, 0.1) is 0 Å². The van der Waals surface area contributed by atoms with Crippen molar-refractivity contribution in [2.45, 2.75) is 117 Å². The number of imidazole rings is 1. The smallest absolute Gasteiger partial charge is 0.112 e. The lowest BCUT2D eigenvalue weighted by Crippen LogP contribution is -2.24. The number of rotatable bonds is 8. The summed E-state index contributed by atoms with van der Waals surface area (Å²) < 4.78 is 0. The predicted octanol–water partition coefficient (Wildman–Crippen LogP) is 6.64. The number of unbranched alkanes of at least 4 members (excludes halogenated alkanes) is 2. The first-order valence-electron chi connectivity index (χ1n) is 9.57. The van der Waals surface area contributed by atoms with Crippen molar-refractivity contribution in [3.05, 3.63) is 17.2 Å². The minimum atomic E-state index is 0.0780. The summed E-state index contributed by atoms with van der Waals surface area (Å²) in [5, 5.41) is 0. The van der Waals surface area contributed by atoms with E-state index in [0.29, 0.717) is 0 Å². The van der Waals surface area contributed by atoms with Gasteiger partial charge in [0.2, 0.25) is 0 Å². The van der Waals surface area contributed by atoms with Crippen LogP contribution >= 0.6 is 0 Å². The molecular formula is C21H40N2. The zero-order valence-corrected chi connectivity index (χ0v) is 17.2. The van der Waals surface area contributed by atoms with Crippen molar-refractivity contribution in [3.8, 4) is 0 Å². The second-order valence-electron chi connectivity index (χ2n) is 9.53. The summed E-state index contributed by atoms with van der Waals surface area (Å²) in [6, 6.07) is 0. The molecule has 2 nitrogen and oxygen atoms in total. The summed E-state index contributed by atoms with van der Waals surface area (Å²) in [5.41, 5.74) is 2.96. The van der Waals surface area contributed by atoms with Crippen LogP contribution in [0.3, 0.4) is 0 Å². The van der Waals surface area contributed by atoms with Gasteiger partial charge in [-0.3, -0.25) is 0 Å². The van der Waals surface area contributed by atoms with Crippen LogP contribution in [0.5, 0.6) is 0 Å². The topological polar surface area (TPSA) is 28.7 Å². The van der Waals surface area contributed by atoms with Crippen molar-refractivity contribution < 1.29 is 0 Å². The number of aromatic nitrogens is 2. The molecule has 0 spiro atoms. The van der Waals surface area contributed by atoms with E-state index in [-0.39, 0.29) is 16.2 Å². The van der Waals surface area contributed by atoms with Gasteiger partial charge in [0.25, 0.3) is 0 Å². The van der Waals surface area contributed by atoms with Crippen molar-refractivity contribution in [3.63, 3.8) is 0 Å². The van der Waals surface area contributed by atoms with Crippen LogP contribution in [0.2, 0.25) is 0 Å². The molecule has 23 heavy (non-hydrogen) atoms. The van der Waals surface area contributed by atoms with E-state index in [9.17, 15) is 0 Å². The summed E-state index contributed by atoms with van der Waals surface area (Å²) in [4.78, 5) is 8.89. The third-order valence-corrected chi connectivity index (χ3v) is 5.01. The van der Waals surface area contributed by atoms with E-state index in [2.05, 4.69) is 67.3 Å². The monoisotopic (exact) mass is 320 g/mol. The molecule has 0 aliphatic carbocycles. The van der Waals surface area contributed by atoms with Gasteiger partial charge in [-0.1, -0.05) is 88.0 Å². The summed E-state index contributed by atoms with van der Waals surface area (Å²) >= 11 is 0. The van der Waals surface area contributed by atoms with Crippen molar-refractivity contribution in [1.82, 2.24) is 9.97 Å². The molecule has 1 N–H and O–H groups in total. The average Bonchev–Trinajstić information content (AvgIpc) is 2.85. The maximum absolute atomic E-state index is 5.12. The molecule has 134 valence electrons. The van der Waals surface area contributed by atoms with Crippen LogP contribution in [0.1, 0.15) is 118 Å². The van der Waals surface area contributed by atoms with Gasteiger partial charge in [-0.05, 0) is 12.8 Å². The largest absolute Gasteiger partial charge is 0.345 e. The highest BCUT2D eigenvalue weighted by atomic mass is 15.0. The van der Waals surface area contributed by atoms with Crippen LogP contribution in [0.15, 0.2) is 0 Å². The first-order chi connectivity index (χ1) is 10.5. The Kier molecular flexibility index (Phi) is 6.52. The molecule has 0 atom stereocenters. The SMILES string of the molecule is CCCCCC(C)(C)c1nc(C(C)(C)C)c(C(C)(C)CCC)[nH]1. The van der Waals surface area contributed by atoms with Crippen LogP contribution in [-0.4, -0.2) is 9.97 Å². The van der Waals surface area contributed by atoms with Crippen LogP contribution in [-0.2, 0) is 16.2 Å². The molecule has 2 heteroatoms. The number of hydrogen-bond donors (Lipinski definition) is 1. The van der Waals surface area contributed by atoms with E-state index in [1.165, 1.54) is 55.7 Å². The van der Waals surface area contributed by atoms with E-state index >= 15 is 0 Å². The Morgan fingerprint density at radius 2 is 1.39 bits per heavy atom. The molecule has 0 radical (unpaired) electrons. The molecule has 0 saturated heterocycles. The number of hydrogen-bond acceptors (Lipinski definition) is 1. The Labute approximate surface area is 144 Å². The molecule has 1 aromatic rings. The van der Waals surface area contributed by atoms with Crippen molar-refractivity contribution in [2.75, 3.05) is 0 Å². The second kappa shape index (κ2) is 7.40. The molecule has 1 rings (SSSR count). The fraction of sp³-hybridized carbons (Fsp3) is 0.857. The lowest BCUT2D eigenvalue weighted by atomic mass is 9.78. The van der Waals surface area contributed by atoms with Gasteiger partial charge in [-0.25, -0.2) is 4.98 Å². The Balaban J connectivity index is 3.25. The molecule has 0 aromatic carbocycles. The molecule has 1 aromatic heterocycles. The zero-order valence-electron chi connectivity index (χ0n) is 17.2. The van der Waals surface area contributed by atoms with E-state index in [0.717, 1.165) is 0 Å². The molecule has 0 saturated carbocycles. The van der Waals surface area contributed by atoms with Crippen LogP contribution in [0.4, 0.5) is 0 Å². The highest BCUT2D eigenvalue weighted by Crippen LogP contribution is 2.38. The normalized spacial score (nSPS) is 13.6. The molecule has 1 heterocycles. The number of H-pyrrole nitrogens is 1. The molecule has 0 fully saturated rings. The first-order valence-corrected chi connectivity index (χ1v) is 9.57. The Morgan fingerprint density at radius 3 is 1.87 bits per heavy atom. The first kappa shape index (κ1) is 20.3. The van der Waals surface area contributed by atoms with Gasteiger partial charge in [0.05, 0.1) is 5.69 Å². The lowest BCUT2D eigenvalue weighted by molar-refractivity contribution is 0.421. The minimum absolute atomic E-state index is 0.0780. The van der Waals surface area contributed by atoms with Gasteiger partial charge in [0, 0.05) is 21.9 Å². The zero-order chi connectivity index (χ0) is 17.9.